The van der Waals surface area contributed by atoms with Crippen molar-refractivity contribution in [1.29, 1.82) is 0 Å². The van der Waals surface area contributed by atoms with Crippen LogP contribution < -0.4 is 10.1 Å². The maximum atomic E-state index is 6.25. The minimum Gasteiger partial charge on any atom is -0.485 e. The van der Waals surface area contributed by atoms with Gasteiger partial charge in [-0.3, -0.25) is 4.98 Å². The average molecular weight is 289 g/mol. The van der Waals surface area contributed by atoms with Gasteiger partial charge in [0, 0.05) is 24.3 Å². The third-order valence-electron chi connectivity index (χ3n) is 3.30. The van der Waals surface area contributed by atoms with E-state index < -0.39 is 0 Å². The van der Waals surface area contributed by atoms with E-state index in [4.69, 9.17) is 16.3 Å². The van der Waals surface area contributed by atoms with Gasteiger partial charge in [-0.05, 0) is 31.0 Å². The smallest absolute Gasteiger partial charge is 0.142 e. The summed E-state index contributed by atoms with van der Waals surface area (Å²) >= 11 is 6.25. The number of ether oxygens (including phenoxy) is 1. The van der Waals surface area contributed by atoms with Gasteiger partial charge in [0.1, 0.15) is 12.4 Å². The van der Waals surface area contributed by atoms with Crippen LogP contribution in [0.3, 0.4) is 0 Å². The van der Waals surface area contributed by atoms with E-state index >= 15 is 0 Å². The second-order valence-electron chi connectivity index (χ2n) is 4.99. The first-order chi connectivity index (χ1) is 9.83. The Morgan fingerprint density at radius 3 is 2.85 bits per heavy atom. The summed E-state index contributed by atoms with van der Waals surface area (Å²) in [4.78, 5) is 4.25. The maximum absolute atomic E-state index is 6.25. The van der Waals surface area contributed by atoms with Crippen molar-refractivity contribution in [2.24, 2.45) is 0 Å². The van der Waals surface area contributed by atoms with E-state index in [-0.39, 0.29) is 0 Å². The Labute approximate surface area is 123 Å². The average Bonchev–Trinajstić information content (AvgIpc) is 3.29. The zero-order valence-corrected chi connectivity index (χ0v) is 11.9. The molecule has 1 aromatic carbocycles. The molecule has 1 aliphatic carbocycles. The second-order valence-corrected chi connectivity index (χ2v) is 5.40. The quantitative estimate of drug-likeness (QED) is 0.882. The van der Waals surface area contributed by atoms with Crippen LogP contribution in [0, 0.1) is 0 Å². The summed E-state index contributed by atoms with van der Waals surface area (Å²) < 4.78 is 5.87. The van der Waals surface area contributed by atoms with Crippen LogP contribution in [0.2, 0.25) is 5.02 Å². The number of hydrogen-bond donors (Lipinski definition) is 1. The molecule has 0 aliphatic heterocycles. The van der Waals surface area contributed by atoms with Crippen LogP contribution in [0.25, 0.3) is 0 Å². The zero-order chi connectivity index (χ0) is 13.8. The highest BCUT2D eigenvalue weighted by molar-refractivity contribution is 6.32. The number of benzene rings is 1. The molecule has 1 heterocycles. The second kappa shape index (κ2) is 6.25. The van der Waals surface area contributed by atoms with Gasteiger partial charge in [0.15, 0.2) is 0 Å². The number of nitrogens with zero attached hydrogens (tertiary/aromatic N) is 1. The molecule has 20 heavy (non-hydrogen) atoms. The third-order valence-corrected chi connectivity index (χ3v) is 3.60. The molecular formula is C16H17ClN2O. The molecule has 1 saturated carbocycles. The Hall–Kier alpha value is -1.58. The van der Waals surface area contributed by atoms with Crippen molar-refractivity contribution in [3.05, 3.63) is 58.9 Å². The Morgan fingerprint density at radius 1 is 1.20 bits per heavy atom. The lowest BCUT2D eigenvalue weighted by Crippen LogP contribution is -2.16. The van der Waals surface area contributed by atoms with Gasteiger partial charge in [-0.2, -0.15) is 0 Å². The molecule has 0 atom stereocenters. The first kappa shape index (κ1) is 13.4. The monoisotopic (exact) mass is 288 g/mol. The van der Waals surface area contributed by atoms with Crippen molar-refractivity contribution < 1.29 is 4.74 Å². The molecule has 0 bridgehead atoms. The van der Waals surface area contributed by atoms with Crippen molar-refractivity contribution >= 4 is 11.6 Å². The molecule has 0 saturated heterocycles. The van der Waals surface area contributed by atoms with Gasteiger partial charge in [-0.15, -0.1) is 0 Å². The fourth-order valence-corrected chi connectivity index (χ4v) is 2.27. The topological polar surface area (TPSA) is 34.1 Å². The molecule has 0 radical (unpaired) electrons. The van der Waals surface area contributed by atoms with E-state index in [2.05, 4.69) is 16.4 Å². The van der Waals surface area contributed by atoms with E-state index in [0.717, 1.165) is 23.6 Å². The Bertz CT molecular complexity index is 570. The minimum absolute atomic E-state index is 0.432. The summed E-state index contributed by atoms with van der Waals surface area (Å²) in [6, 6.07) is 12.3. The summed E-state index contributed by atoms with van der Waals surface area (Å²) in [6.07, 6.45) is 4.30. The number of pyridine rings is 1. The molecule has 2 aromatic rings. The van der Waals surface area contributed by atoms with Gasteiger partial charge in [0.2, 0.25) is 0 Å². The lowest BCUT2D eigenvalue weighted by Gasteiger charge is -2.13. The van der Waals surface area contributed by atoms with Crippen LogP contribution in [0.4, 0.5) is 0 Å². The Balaban J connectivity index is 1.69. The maximum Gasteiger partial charge on any atom is 0.142 e. The van der Waals surface area contributed by atoms with E-state index in [1.165, 1.54) is 12.8 Å². The Kier molecular flexibility index (Phi) is 4.19. The van der Waals surface area contributed by atoms with Gasteiger partial charge >= 0.3 is 0 Å². The normalized spacial score (nSPS) is 14.2. The molecule has 3 rings (SSSR count). The fraction of sp³-hybridized carbons (Fsp3) is 0.312. The number of nitrogens with one attached hydrogen (secondary N) is 1. The highest BCUT2D eigenvalue weighted by Gasteiger charge is 2.21. The van der Waals surface area contributed by atoms with Crippen LogP contribution in [-0.2, 0) is 13.2 Å². The number of halogens is 1. The standard InChI is InChI=1S/C16H17ClN2O/c17-15-6-3-4-12(10-19-13-7-8-13)16(15)20-11-14-5-1-2-9-18-14/h1-6,9,13,19H,7-8,10-11H2. The molecule has 4 heteroatoms. The van der Waals surface area contributed by atoms with Crippen LogP contribution in [0.1, 0.15) is 24.1 Å². The van der Waals surface area contributed by atoms with E-state index in [1.807, 2.05) is 30.3 Å². The predicted octanol–water partition coefficient (Wildman–Crippen LogP) is 3.57. The summed E-state index contributed by atoms with van der Waals surface area (Å²) in [5.74, 6) is 0.757. The third kappa shape index (κ3) is 3.50. The summed E-state index contributed by atoms with van der Waals surface area (Å²) in [5, 5.41) is 4.13. The van der Waals surface area contributed by atoms with Crippen LogP contribution in [0.5, 0.6) is 5.75 Å². The predicted molar refractivity (Wildman–Crippen MR) is 79.9 cm³/mol. The zero-order valence-electron chi connectivity index (χ0n) is 11.2. The van der Waals surface area contributed by atoms with Gasteiger partial charge in [0.05, 0.1) is 10.7 Å². The SMILES string of the molecule is Clc1cccc(CNC2CC2)c1OCc1ccccn1. The largest absolute Gasteiger partial charge is 0.485 e. The molecule has 0 spiro atoms. The van der Waals surface area contributed by atoms with Gasteiger partial charge in [-0.1, -0.05) is 29.8 Å². The van der Waals surface area contributed by atoms with Crippen molar-refractivity contribution in [2.75, 3.05) is 0 Å². The van der Waals surface area contributed by atoms with Crippen molar-refractivity contribution in [3.63, 3.8) is 0 Å². The summed E-state index contributed by atoms with van der Waals surface area (Å²) in [5.41, 5.74) is 1.99. The molecule has 1 fully saturated rings. The molecule has 104 valence electrons. The number of aromatic nitrogens is 1. The molecule has 1 aliphatic rings. The molecule has 0 amide bonds. The van der Waals surface area contributed by atoms with Gasteiger partial charge in [0.25, 0.3) is 0 Å². The fourth-order valence-electron chi connectivity index (χ4n) is 2.03. The summed E-state index contributed by atoms with van der Waals surface area (Å²) in [7, 11) is 0. The van der Waals surface area contributed by atoms with Crippen LogP contribution >= 0.6 is 11.6 Å². The summed E-state index contributed by atoms with van der Waals surface area (Å²) in [6.45, 7) is 1.23. The molecule has 1 aromatic heterocycles. The van der Waals surface area contributed by atoms with Crippen molar-refractivity contribution in [2.45, 2.75) is 32.0 Å². The Morgan fingerprint density at radius 2 is 2.10 bits per heavy atom. The van der Waals surface area contributed by atoms with E-state index in [0.29, 0.717) is 17.7 Å². The first-order valence-corrected chi connectivity index (χ1v) is 7.24. The first-order valence-electron chi connectivity index (χ1n) is 6.86. The number of hydrogen-bond acceptors (Lipinski definition) is 3. The van der Waals surface area contributed by atoms with Gasteiger partial charge in [-0.25, -0.2) is 0 Å². The van der Waals surface area contributed by atoms with E-state index in [1.54, 1.807) is 6.20 Å². The minimum atomic E-state index is 0.432. The van der Waals surface area contributed by atoms with Crippen molar-refractivity contribution in [3.8, 4) is 5.75 Å². The number of rotatable bonds is 6. The van der Waals surface area contributed by atoms with Gasteiger partial charge < -0.3 is 10.1 Å². The molecule has 1 N–H and O–H groups in total. The number of para-hydroxylation sites is 1. The highest BCUT2D eigenvalue weighted by Crippen LogP contribution is 2.30. The van der Waals surface area contributed by atoms with Crippen molar-refractivity contribution in [1.82, 2.24) is 10.3 Å². The highest BCUT2D eigenvalue weighted by atomic mass is 35.5. The lowest BCUT2D eigenvalue weighted by atomic mass is 10.2. The van der Waals surface area contributed by atoms with Crippen LogP contribution in [0.15, 0.2) is 42.6 Å². The molecule has 3 nitrogen and oxygen atoms in total. The lowest BCUT2D eigenvalue weighted by molar-refractivity contribution is 0.297. The van der Waals surface area contributed by atoms with E-state index in [9.17, 15) is 0 Å². The molecule has 0 unspecified atom stereocenters. The molecular weight excluding hydrogens is 272 g/mol. The van der Waals surface area contributed by atoms with Crippen LogP contribution in [-0.4, -0.2) is 11.0 Å².